The van der Waals surface area contributed by atoms with Crippen LogP contribution >= 0.6 is 11.6 Å². The van der Waals surface area contributed by atoms with Crippen molar-refractivity contribution >= 4 is 23.2 Å². The average Bonchev–Trinajstić information content (AvgIpc) is 2.20. The molecule has 1 aromatic rings. The fourth-order valence-electron chi connectivity index (χ4n) is 1.03. The van der Waals surface area contributed by atoms with Crippen LogP contribution in [0.5, 0.6) is 0 Å². The third-order valence-corrected chi connectivity index (χ3v) is 1.97. The summed E-state index contributed by atoms with van der Waals surface area (Å²) in [6.45, 7) is 2.72. The maximum Gasteiger partial charge on any atom is 0.238 e. The highest BCUT2D eigenvalue weighted by Crippen LogP contribution is 2.19. The van der Waals surface area contributed by atoms with Gasteiger partial charge in [0.15, 0.2) is 0 Å². The normalized spacial score (nSPS) is 10.1. The quantitative estimate of drug-likeness (QED) is 0.831. The van der Waals surface area contributed by atoms with E-state index in [1.165, 1.54) is 18.2 Å². The minimum Gasteiger partial charge on any atom is -0.322 e. The molecule has 0 saturated carbocycles. The first-order valence-electron chi connectivity index (χ1n) is 4.59. The van der Waals surface area contributed by atoms with Crippen molar-refractivity contribution in [3.8, 4) is 0 Å². The van der Waals surface area contributed by atoms with Crippen LogP contribution in [-0.4, -0.2) is 19.0 Å². The van der Waals surface area contributed by atoms with Crippen LogP contribution < -0.4 is 10.6 Å². The lowest BCUT2D eigenvalue weighted by atomic mass is 10.3. The molecule has 82 valence electrons. The van der Waals surface area contributed by atoms with Crippen molar-refractivity contribution in [3.63, 3.8) is 0 Å². The van der Waals surface area contributed by atoms with Crippen molar-refractivity contribution < 1.29 is 9.18 Å². The zero-order valence-electron chi connectivity index (χ0n) is 8.31. The zero-order valence-corrected chi connectivity index (χ0v) is 9.07. The second kappa shape index (κ2) is 5.68. The standard InChI is InChI=1S/C10H12ClFN2O/c1-2-13-6-10(15)14-9-5-7(11)3-4-8(9)12/h3-5,13H,2,6H2,1H3,(H,14,15). The molecule has 2 N–H and O–H groups in total. The highest BCUT2D eigenvalue weighted by Gasteiger charge is 2.06. The van der Waals surface area contributed by atoms with Gasteiger partial charge in [-0.05, 0) is 24.7 Å². The number of benzene rings is 1. The highest BCUT2D eigenvalue weighted by atomic mass is 35.5. The number of likely N-dealkylation sites (N-methyl/N-ethyl adjacent to an activating group) is 1. The molecular formula is C10H12ClFN2O. The Morgan fingerprint density at radius 1 is 1.53 bits per heavy atom. The van der Waals surface area contributed by atoms with Crippen LogP contribution in [0, 0.1) is 5.82 Å². The molecule has 0 aliphatic heterocycles. The van der Waals surface area contributed by atoms with Gasteiger partial charge < -0.3 is 10.6 Å². The predicted octanol–water partition coefficient (Wildman–Crippen LogP) is 2.03. The molecule has 1 aromatic carbocycles. The van der Waals surface area contributed by atoms with Crippen molar-refractivity contribution in [2.75, 3.05) is 18.4 Å². The molecule has 1 rings (SSSR count). The van der Waals surface area contributed by atoms with E-state index in [1.807, 2.05) is 6.92 Å². The summed E-state index contributed by atoms with van der Waals surface area (Å²) >= 11 is 5.67. The summed E-state index contributed by atoms with van der Waals surface area (Å²) in [4.78, 5) is 11.3. The molecule has 0 saturated heterocycles. The van der Waals surface area contributed by atoms with E-state index < -0.39 is 5.82 Å². The summed E-state index contributed by atoms with van der Waals surface area (Å²) in [5.41, 5.74) is 0.102. The van der Waals surface area contributed by atoms with Gasteiger partial charge >= 0.3 is 0 Å². The van der Waals surface area contributed by atoms with E-state index in [2.05, 4.69) is 10.6 Å². The van der Waals surface area contributed by atoms with Gasteiger partial charge in [0.1, 0.15) is 5.82 Å². The Morgan fingerprint density at radius 3 is 2.93 bits per heavy atom. The zero-order chi connectivity index (χ0) is 11.3. The molecule has 15 heavy (non-hydrogen) atoms. The molecule has 0 unspecified atom stereocenters. The van der Waals surface area contributed by atoms with Crippen LogP contribution in [-0.2, 0) is 4.79 Å². The minimum absolute atomic E-state index is 0.102. The molecule has 0 fully saturated rings. The van der Waals surface area contributed by atoms with Crippen LogP contribution in [0.15, 0.2) is 18.2 Å². The van der Waals surface area contributed by atoms with E-state index in [0.717, 1.165) is 0 Å². The van der Waals surface area contributed by atoms with Crippen LogP contribution in [0.2, 0.25) is 5.02 Å². The number of hydrogen-bond donors (Lipinski definition) is 2. The molecule has 0 heterocycles. The van der Waals surface area contributed by atoms with E-state index in [-0.39, 0.29) is 18.1 Å². The Hall–Kier alpha value is -1.13. The predicted molar refractivity (Wildman–Crippen MR) is 58.6 cm³/mol. The van der Waals surface area contributed by atoms with Gasteiger partial charge in [-0.1, -0.05) is 18.5 Å². The molecule has 0 aromatic heterocycles. The van der Waals surface area contributed by atoms with Crippen LogP contribution in [0.4, 0.5) is 10.1 Å². The first-order valence-corrected chi connectivity index (χ1v) is 4.97. The molecule has 0 aliphatic rings. The Balaban J connectivity index is 2.63. The van der Waals surface area contributed by atoms with Crippen molar-refractivity contribution in [1.29, 1.82) is 0 Å². The van der Waals surface area contributed by atoms with Gasteiger partial charge in [0, 0.05) is 5.02 Å². The van der Waals surface area contributed by atoms with Gasteiger partial charge in [0.05, 0.1) is 12.2 Å². The van der Waals surface area contributed by atoms with Gasteiger partial charge in [-0.15, -0.1) is 0 Å². The number of nitrogens with one attached hydrogen (secondary N) is 2. The van der Waals surface area contributed by atoms with Gasteiger partial charge in [-0.25, -0.2) is 4.39 Å². The molecule has 0 bridgehead atoms. The highest BCUT2D eigenvalue weighted by molar-refractivity contribution is 6.30. The number of halogens is 2. The lowest BCUT2D eigenvalue weighted by molar-refractivity contribution is -0.115. The SMILES string of the molecule is CCNCC(=O)Nc1cc(Cl)ccc1F. The van der Waals surface area contributed by atoms with Crippen molar-refractivity contribution in [2.45, 2.75) is 6.92 Å². The minimum atomic E-state index is -0.496. The number of carbonyl (C=O) groups excluding carboxylic acids is 1. The molecule has 3 nitrogen and oxygen atoms in total. The first-order chi connectivity index (χ1) is 7.13. The van der Waals surface area contributed by atoms with Gasteiger partial charge in [0.2, 0.25) is 5.91 Å². The van der Waals surface area contributed by atoms with Crippen LogP contribution in [0.25, 0.3) is 0 Å². The second-order valence-corrected chi connectivity index (χ2v) is 3.39. The smallest absolute Gasteiger partial charge is 0.238 e. The lowest BCUT2D eigenvalue weighted by Gasteiger charge is -2.06. The third kappa shape index (κ3) is 3.85. The van der Waals surface area contributed by atoms with Gasteiger partial charge in [-0.3, -0.25) is 4.79 Å². The van der Waals surface area contributed by atoms with Crippen LogP contribution in [0.3, 0.4) is 0 Å². The van der Waals surface area contributed by atoms with E-state index in [4.69, 9.17) is 11.6 Å². The monoisotopic (exact) mass is 230 g/mol. The molecule has 0 radical (unpaired) electrons. The largest absolute Gasteiger partial charge is 0.322 e. The van der Waals surface area contributed by atoms with E-state index in [1.54, 1.807) is 0 Å². The van der Waals surface area contributed by atoms with Gasteiger partial charge in [-0.2, -0.15) is 0 Å². The summed E-state index contributed by atoms with van der Waals surface area (Å²) in [6, 6.07) is 4.02. The number of amides is 1. The molecule has 5 heteroatoms. The first kappa shape index (κ1) is 11.9. The number of hydrogen-bond acceptors (Lipinski definition) is 2. The number of rotatable bonds is 4. The van der Waals surface area contributed by atoms with Crippen LogP contribution in [0.1, 0.15) is 6.92 Å². The summed E-state index contributed by atoms with van der Waals surface area (Å²) in [5, 5.41) is 5.64. The van der Waals surface area contributed by atoms with E-state index in [9.17, 15) is 9.18 Å². The lowest BCUT2D eigenvalue weighted by Crippen LogP contribution is -2.28. The summed E-state index contributed by atoms with van der Waals surface area (Å²) in [7, 11) is 0. The summed E-state index contributed by atoms with van der Waals surface area (Å²) in [5.74, 6) is -0.790. The topological polar surface area (TPSA) is 41.1 Å². The molecule has 1 amide bonds. The average molecular weight is 231 g/mol. The fraction of sp³-hybridized carbons (Fsp3) is 0.300. The maximum absolute atomic E-state index is 13.2. The third-order valence-electron chi connectivity index (χ3n) is 1.74. The van der Waals surface area contributed by atoms with E-state index in [0.29, 0.717) is 11.6 Å². The Morgan fingerprint density at radius 2 is 2.27 bits per heavy atom. The Kier molecular flexibility index (Phi) is 4.52. The number of carbonyl (C=O) groups is 1. The van der Waals surface area contributed by atoms with Crippen molar-refractivity contribution in [2.24, 2.45) is 0 Å². The Labute approximate surface area is 92.6 Å². The molecule has 0 atom stereocenters. The van der Waals surface area contributed by atoms with Crippen molar-refractivity contribution in [3.05, 3.63) is 29.0 Å². The van der Waals surface area contributed by atoms with Gasteiger partial charge in [0.25, 0.3) is 0 Å². The molecular weight excluding hydrogens is 219 g/mol. The Bertz CT molecular complexity index is 357. The summed E-state index contributed by atoms with van der Waals surface area (Å²) in [6.07, 6.45) is 0. The maximum atomic E-state index is 13.2. The summed E-state index contributed by atoms with van der Waals surface area (Å²) < 4.78 is 13.2. The molecule has 0 aliphatic carbocycles. The van der Waals surface area contributed by atoms with E-state index >= 15 is 0 Å². The van der Waals surface area contributed by atoms with Crippen molar-refractivity contribution in [1.82, 2.24) is 5.32 Å². The fourth-order valence-corrected chi connectivity index (χ4v) is 1.20. The second-order valence-electron chi connectivity index (χ2n) is 2.95. The molecule has 0 spiro atoms. The number of anilines is 1.